The monoisotopic (exact) mass is 700 g/mol. The van der Waals surface area contributed by atoms with E-state index >= 15 is 0 Å². The van der Waals surface area contributed by atoms with Crippen LogP contribution < -0.4 is 30.3 Å². The van der Waals surface area contributed by atoms with Crippen molar-refractivity contribution in [2.24, 2.45) is 0 Å². The third-order valence-corrected chi connectivity index (χ3v) is 8.84. The molecular weight excluding hydrogens is 651 g/mol. The number of carbonyl (C=O) groups excluding carboxylic acids is 1. The molecule has 2 heterocycles. The van der Waals surface area contributed by atoms with Gasteiger partial charge in [-0.1, -0.05) is 18.2 Å². The van der Waals surface area contributed by atoms with Gasteiger partial charge in [0.25, 0.3) is 0 Å². The maximum Gasteiger partial charge on any atom is 0.494 e. The van der Waals surface area contributed by atoms with Crippen molar-refractivity contribution in [3.8, 4) is 28.4 Å². The van der Waals surface area contributed by atoms with Crippen LogP contribution in [0.15, 0.2) is 60.8 Å². The fourth-order valence-corrected chi connectivity index (χ4v) is 5.43. The van der Waals surface area contributed by atoms with Gasteiger partial charge in [0, 0.05) is 35.7 Å². The summed E-state index contributed by atoms with van der Waals surface area (Å²) in [6.45, 7) is 15.4. The van der Waals surface area contributed by atoms with E-state index in [9.17, 15) is 4.79 Å². The Kier molecular flexibility index (Phi) is 11.6. The van der Waals surface area contributed by atoms with E-state index < -0.39 is 30.0 Å². The van der Waals surface area contributed by atoms with E-state index in [4.69, 9.17) is 33.0 Å². The summed E-state index contributed by atoms with van der Waals surface area (Å²) < 4.78 is 40.9. The molecule has 13 heteroatoms. The Labute approximate surface area is 300 Å². The summed E-state index contributed by atoms with van der Waals surface area (Å²) >= 11 is 0. The van der Waals surface area contributed by atoms with Crippen LogP contribution in [0.2, 0.25) is 0 Å². The summed E-state index contributed by atoms with van der Waals surface area (Å²) in [7, 11) is 2.72. The molecular formula is C38H49BN4O8. The number of methoxy groups -OCH3 is 2. The standard InChI is InChI=1S/C38H49BN4O8/c1-36(2,3)49-35(44)40-16-17-47-18-19-48-33-15-12-27(39-50-37(4,5)38(6,7)51-39)21-30(33)25-11-14-29-31(20-25)43-42-24-32(29)41-23-26-10-13-28(45-8)22-34(26)46-9/h10-15,20-22,24H,16-19,23H2,1-9H3,(H,40,44)(H,41,43). The zero-order valence-electron chi connectivity index (χ0n) is 31.0. The molecule has 12 nitrogen and oxygen atoms in total. The van der Waals surface area contributed by atoms with Gasteiger partial charge in [-0.2, -0.15) is 10.2 Å². The number of amides is 1. The molecule has 0 radical (unpaired) electrons. The van der Waals surface area contributed by atoms with E-state index in [-0.39, 0.29) is 0 Å². The van der Waals surface area contributed by atoms with Gasteiger partial charge < -0.3 is 43.6 Å². The van der Waals surface area contributed by atoms with Gasteiger partial charge in [0.05, 0.1) is 56.0 Å². The highest BCUT2D eigenvalue weighted by Crippen LogP contribution is 2.38. The van der Waals surface area contributed by atoms with Crippen LogP contribution in [0.3, 0.4) is 0 Å². The first kappa shape index (κ1) is 37.7. The average Bonchev–Trinajstić information content (AvgIpc) is 3.31. The lowest BCUT2D eigenvalue weighted by Crippen LogP contribution is -2.41. The number of ether oxygens (including phenoxy) is 5. The summed E-state index contributed by atoms with van der Waals surface area (Å²) in [4.78, 5) is 11.9. The average molecular weight is 701 g/mol. The molecule has 0 aliphatic carbocycles. The number of aromatic nitrogens is 2. The molecule has 1 aromatic heterocycles. The molecule has 1 aliphatic heterocycles. The van der Waals surface area contributed by atoms with Crippen LogP contribution in [0, 0.1) is 0 Å². The number of hydrogen-bond acceptors (Lipinski definition) is 11. The molecule has 0 bridgehead atoms. The fraction of sp³-hybridized carbons (Fsp3) is 0.447. The molecule has 0 saturated carbocycles. The molecule has 0 unspecified atom stereocenters. The van der Waals surface area contributed by atoms with Crippen LogP contribution in [0.1, 0.15) is 54.0 Å². The van der Waals surface area contributed by atoms with Gasteiger partial charge in [0.2, 0.25) is 0 Å². The summed E-state index contributed by atoms with van der Waals surface area (Å²) in [6, 6.07) is 17.7. The number of fused-ring (bicyclic) bond motifs is 1. The van der Waals surface area contributed by atoms with Crippen molar-refractivity contribution in [1.29, 1.82) is 0 Å². The summed E-state index contributed by atoms with van der Waals surface area (Å²) in [5.41, 5.74) is 3.61. The van der Waals surface area contributed by atoms with E-state index in [1.165, 1.54) is 0 Å². The summed E-state index contributed by atoms with van der Waals surface area (Å²) in [5, 5.41) is 15.8. The molecule has 2 N–H and O–H groups in total. The van der Waals surface area contributed by atoms with E-state index in [1.54, 1.807) is 20.4 Å². The van der Waals surface area contributed by atoms with Crippen molar-refractivity contribution in [3.63, 3.8) is 0 Å². The van der Waals surface area contributed by atoms with Crippen molar-refractivity contribution in [1.82, 2.24) is 15.5 Å². The Morgan fingerprint density at radius 2 is 1.65 bits per heavy atom. The van der Waals surface area contributed by atoms with Gasteiger partial charge in [-0.15, -0.1) is 0 Å². The van der Waals surface area contributed by atoms with Crippen LogP contribution in [-0.4, -0.2) is 80.8 Å². The number of nitrogens with one attached hydrogen (secondary N) is 2. The number of benzene rings is 3. The van der Waals surface area contributed by atoms with Crippen LogP contribution >= 0.6 is 0 Å². The Balaban J connectivity index is 1.34. The van der Waals surface area contributed by atoms with E-state index in [1.807, 2.05) is 103 Å². The van der Waals surface area contributed by atoms with Gasteiger partial charge in [-0.05, 0) is 89.8 Å². The van der Waals surface area contributed by atoms with Crippen molar-refractivity contribution in [3.05, 3.63) is 66.4 Å². The van der Waals surface area contributed by atoms with Gasteiger partial charge in [-0.25, -0.2) is 4.79 Å². The lowest BCUT2D eigenvalue weighted by molar-refractivity contribution is 0.00578. The SMILES string of the molecule is COc1ccc(CNc2cnnc3cc(-c4cc(B5OC(C)(C)C(C)(C)O5)ccc4OCCOCCNC(=O)OC(C)(C)C)ccc23)c(OC)c1. The Morgan fingerprint density at radius 1 is 0.882 bits per heavy atom. The van der Waals surface area contributed by atoms with Crippen molar-refractivity contribution < 1.29 is 37.8 Å². The quantitative estimate of drug-likeness (QED) is 0.116. The molecule has 3 aromatic carbocycles. The number of rotatable bonds is 14. The number of nitrogens with zero attached hydrogens (tertiary/aromatic N) is 2. The highest BCUT2D eigenvalue weighted by atomic mass is 16.7. The molecule has 4 aromatic rings. The maximum absolute atomic E-state index is 11.9. The number of anilines is 1. The van der Waals surface area contributed by atoms with E-state index in [0.29, 0.717) is 44.2 Å². The van der Waals surface area contributed by atoms with Gasteiger partial charge in [0.1, 0.15) is 29.5 Å². The fourth-order valence-electron chi connectivity index (χ4n) is 5.43. The molecule has 51 heavy (non-hydrogen) atoms. The second-order valence-corrected chi connectivity index (χ2v) is 14.3. The zero-order chi connectivity index (χ0) is 36.8. The van der Waals surface area contributed by atoms with E-state index in [0.717, 1.165) is 44.7 Å². The van der Waals surface area contributed by atoms with Crippen molar-refractivity contribution in [2.45, 2.75) is 71.8 Å². The molecule has 5 rings (SSSR count). The van der Waals surface area contributed by atoms with Crippen LogP contribution in [0.5, 0.6) is 17.2 Å². The van der Waals surface area contributed by atoms with E-state index in [2.05, 4.69) is 20.8 Å². The molecule has 1 aliphatic rings. The third kappa shape index (κ3) is 9.40. The molecule has 1 amide bonds. The molecule has 0 spiro atoms. The number of hydrogen-bond donors (Lipinski definition) is 2. The molecule has 1 saturated heterocycles. The molecule has 272 valence electrons. The topological polar surface area (TPSA) is 132 Å². The molecule has 0 atom stereocenters. The second-order valence-electron chi connectivity index (χ2n) is 14.3. The van der Waals surface area contributed by atoms with Crippen molar-refractivity contribution >= 4 is 35.3 Å². The van der Waals surface area contributed by atoms with Crippen LogP contribution in [0.4, 0.5) is 10.5 Å². The minimum Gasteiger partial charge on any atom is -0.497 e. The Morgan fingerprint density at radius 3 is 2.35 bits per heavy atom. The Bertz CT molecular complexity index is 1810. The minimum absolute atomic E-state index is 0.297. The highest BCUT2D eigenvalue weighted by molar-refractivity contribution is 6.62. The summed E-state index contributed by atoms with van der Waals surface area (Å²) in [6.07, 6.45) is 1.24. The first-order valence-electron chi connectivity index (χ1n) is 17.1. The first-order valence-corrected chi connectivity index (χ1v) is 17.1. The summed E-state index contributed by atoms with van der Waals surface area (Å²) in [5.74, 6) is 2.12. The van der Waals surface area contributed by atoms with Crippen LogP contribution in [0.25, 0.3) is 22.0 Å². The predicted molar refractivity (Wildman–Crippen MR) is 198 cm³/mol. The third-order valence-electron chi connectivity index (χ3n) is 8.84. The van der Waals surface area contributed by atoms with Gasteiger partial charge in [-0.3, -0.25) is 0 Å². The smallest absolute Gasteiger partial charge is 0.494 e. The van der Waals surface area contributed by atoms with Crippen LogP contribution in [-0.2, 0) is 25.3 Å². The number of carbonyl (C=O) groups is 1. The normalized spacial score (nSPS) is 15.0. The predicted octanol–water partition coefficient (Wildman–Crippen LogP) is 6.15. The maximum atomic E-state index is 11.9. The van der Waals surface area contributed by atoms with Crippen molar-refractivity contribution in [2.75, 3.05) is 45.9 Å². The second kappa shape index (κ2) is 15.8. The number of alkyl carbamates (subject to hydrolysis) is 1. The zero-order valence-corrected chi connectivity index (χ0v) is 31.0. The largest absolute Gasteiger partial charge is 0.497 e. The Hall–Kier alpha value is -4.59. The van der Waals surface area contributed by atoms with Gasteiger partial charge in [0.15, 0.2) is 0 Å². The lowest BCUT2D eigenvalue weighted by atomic mass is 9.77. The van der Waals surface area contributed by atoms with Gasteiger partial charge >= 0.3 is 13.2 Å². The first-order chi connectivity index (χ1) is 24.2. The highest BCUT2D eigenvalue weighted by Gasteiger charge is 2.51. The lowest BCUT2D eigenvalue weighted by Gasteiger charge is -2.32. The molecule has 1 fully saturated rings. The minimum atomic E-state index is -0.558.